The third-order valence-electron chi connectivity index (χ3n) is 5.68. The largest absolute Gasteiger partial charge is 0.491 e. The Kier molecular flexibility index (Phi) is 13.6. The third kappa shape index (κ3) is 11.0. The first-order valence-electron chi connectivity index (χ1n) is 12.4. The Balaban J connectivity index is 1.67. The first-order chi connectivity index (χ1) is 15.7. The molecule has 0 aliphatic heterocycles. The van der Waals surface area contributed by atoms with E-state index in [0.29, 0.717) is 18.0 Å². The van der Waals surface area contributed by atoms with Crippen LogP contribution in [0.5, 0.6) is 5.75 Å². The minimum Gasteiger partial charge on any atom is -0.491 e. The van der Waals surface area contributed by atoms with Crippen molar-refractivity contribution in [2.24, 2.45) is 0 Å². The third-order valence-corrected chi connectivity index (χ3v) is 5.68. The maximum absolute atomic E-state index is 14.0. The molecule has 5 heteroatoms. The van der Waals surface area contributed by atoms with Crippen LogP contribution in [0.2, 0.25) is 0 Å². The number of aryl methyl sites for hydroxylation is 1. The highest BCUT2D eigenvalue weighted by molar-refractivity contribution is 5.55. The van der Waals surface area contributed by atoms with E-state index in [4.69, 9.17) is 9.47 Å². The molecule has 1 heterocycles. The van der Waals surface area contributed by atoms with Crippen molar-refractivity contribution < 1.29 is 13.9 Å². The van der Waals surface area contributed by atoms with E-state index in [1.807, 2.05) is 36.7 Å². The number of hydrogen-bond donors (Lipinski definition) is 0. The van der Waals surface area contributed by atoms with E-state index in [1.54, 1.807) is 7.11 Å². The van der Waals surface area contributed by atoms with Gasteiger partial charge in [-0.1, -0.05) is 58.3 Å². The number of unbranched alkanes of at least 4 members (excludes halogenated alkanes) is 8. The van der Waals surface area contributed by atoms with Gasteiger partial charge in [-0.15, -0.1) is 0 Å². The molecule has 2 aromatic rings. The van der Waals surface area contributed by atoms with E-state index in [0.717, 1.165) is 44.3 Å². The van der Waals surface area contributed by atoms with Gasteiger partial charge >= 0.3 is 0 Å². The molecular weight excluding hydrogens is 403 g/mol. The molecule has 0 saturated heterocycles. The van der Waals surface area contributed by atoms with E-state index < -0.39 is 6.17 Å². The van der Waals surface area contributed by atoms with Crippen molar-refractivity contribution in [1.29, 1.82) is 0 Å². The molecule has 4 nitrogen and oxygen atoms in total. The molecule has 1 unspecified atom stereocenters. The van der Waals surface area contributed by atoms with Gasteiger partial charge in [0.05, 0.1) is 0 Å². The molecule has 1 aromatic carbocycles. The predicted molar refractivity (Wildman–Crippen MR) is 130 cm³/mol. The summed E-state index contributed by atoms with van der Waals surface area (Å²) in [6.45, 7) is 3.13. The molecule has 0 amide bonds. The van der Waals surface area contributed by atoms with Crippen LogP contribution in [0.3, 0.4) is 0 Å². The molecule has 0 saturated carbocycles. The first-order valence-corrected chi connectivity index (χ1v) is 12.4. The fraction of sp³-hybridized carbons (Fsp3) is 0.630. The van der Waals surface area contributed by atoms with Gasteiger partial charge in [0, 0.05) is 31.7 Å². The topological polar surface area (TPSA) is 44.2 Å². The van der Waals surface area contributed by atoms with Crippen LogP contribution in [-0.2, 0) is 11.2 Å². The van der Waals surface area contributed by atoms with Crippen LogP contribution in [0.25, 0.3) is 11.4 Å². The lowest BCUT2D eigenvalue weighted by Crippen LogP contribution is -2.12. The number of nitrogens with zero attached hydrogens (tertiary/aromatic N) is 2. The van der Waals surface area contributed by atoms with E-state index in [9.17, 15) is 4.39 Å². The number of methoxy groups -OCH3 is 1. The zero-order chi connectivity index (χ0) is 22.9. The summed E-state index contributed by atoms with van der Waals surface area (Å²) in [7, 11) is 1.71. The highest BCUT2D eigenvalue weighted by atomic mass is 19.1. The summed E-state index contributed by atoms with van der Waals surface area (Å²) in [5.74, 6) is 1.39. The van der Waals surface area contributed by atoms with Gasteiger partial charge in [0.25, 0.3) is 0 Å². The normalized spacial score (nSPS) is 12.1. The predicted octanol–water partition coefficient (Wildman–Crippen LogP) is 7.36. The first kappa shape index (κ1) is 26.2. The van der Waals surface area contributed by atoms with Gasteiger partial charge in [0.15, 0.2) is 5.82 Å². The van der Waals surface area contributed by atoms with Crippen molar-refractivity contribution in [1.82, 2.24) is 9.97 Å². The molecule has 1 aromatic heterocycles. The number of aromatic nitrogens is 2. The lowest BCUT2D eigenvalue weighted by molar-refractivity contribution is 0.180. The number of hydrogen-bond acceptors (Lipinski definition) is 4. The number of benzene rings is 1. The summed E-state index contributed by atoms with van der Waals surface area (Å²) in [5.41, 5.74) is 2.13. The maximum Gasteiger partial charge on any atom is 0.159 e. The van der Waals surface area contributed by atoms with E-state index in [1.165, 1.54) is 44.1 Å². The molecular formula is C27H41FN2O2. The lowest BCUT2D eigenvalue weighted by atomic mass is 10.1. The van der Waals surface area contributed by atoms with Crippen molar-refractivity contribution >= 4 is 0 Å². The number of halogens is 1. The highest BCUT2D eigenvalue weighted by Crippen LogP contribution is 2.20. The Morgan fingerprint density at radius 3 is 2.22 bits per heavy atom. The Labute approximate surface area is 194 Å². The SMILES string of the molecule is CCCCCCCCc1cnc(-c2ccc(OCC(F)CCCCCCOC)cc2)nc1. The van der Waals surface area contributed by atoms with Gasteiger partial charge in [0.1, 0.15) is 18.5 Å². The molecule has 0 aliphatic rings. The molecule has 2 rings (SSSR count). The molecule has 0 fully saturated rings. The van der Waals surface area contributed by atoms with Gasteiger partial charge in [-0.3, -0.25) is 0 Å². The van der Waals surface area contributed by atoms with Gasteiger partial charge in [-0.25, -0.2) is 14.4 Å². The van der Waals surface area contributed by atoms with Crippen molar-refractivity contribution in [2.75, 3.05) is 20.3 Å². The number of rotatable bonds is 18. The monoisotopic (exact) mass is 444 g/mol. The molecule has 178 valence electrons. The van der Waals surface area contributed by atoms with Crippen molar-refractivity contribution in [3.05, 3.63) is 42.2 Å². The zero-order valence-electron chi connectivity index (χ0n) is 20.0. The van der Waals surface area contributed by atoms with Crippen LogP contribution in [0.4, 0.5) is 4.39 Å². The molecule has 0 N–H and O–H groups in total. The number of alkyl halides is 1. The summed E-state index contributed by atoms with van der Waals surface area (Å²) in [6.07, 6.45) is 16.3. The Morgan fingerprint density at radius 1 is 0.844 bits per heavy atom. The average Bonchev–Trinajstić information content (AvgIpc) is 2.83. The fourth-order valence-corrected chi connectivity index (χ4v) is 3.68. The van der Waals surface area contributed by atoms with E-state index in [2.05, 4.69) is 16.9 Å². The molecule has 0 radical (unpaired) electrons. The molecule has 0 spiro atoms. The number of ether oxygens (including phenoxy) is 2. The quantitative estimate of drug-likeness (QED) is 0.225. The Bertz CT molecular complexity index is 707. The van der Waals surface area contributed by atoms with E-state index >= 15 is 0 Å². The summed E-state index contributed by atoms with van der Waals surface area (Å²) < 4.78 is 24.7. The Hall–Kier alpha value is -2.01. The van der Waals surface area contributed by atoms with Crippen LogP contribution >= 0.6 is 0 Å². The fourth-order valence-electron chi connectivity index (χ4n) is 3.68. The Morgan fingerprint density at radius 2 is 1.50 bits per heavy atom. The van der Waals surface area contributed by atoms with Crippen molar-refractivity contribution in [2.45, 2.75) is 90.1 Å². The smallest absolute Gasteiger partial charge is 0.159 e. The minimum absolute atomic E-state index is 0.0983. The van der Waals surface area contributed by atoms with Crippen LogP contribution in [0.1, 0.15) is 83.1 Å². The van der Waals surface area contributed by atoms with Crippen molar-refractivity contribution in [3.8, 4) is 17.1 Å². The second-order valence-corrected chi connectivity index (χ2v) is 8.56. The highest BCUT2D eigenvalue weighted by Gasteiger charge is 2.08. The average molecular weight is 445 g/mol. The van der Waals surface area contributed by atoms with E-state index in [-0.39, 0.29) is 6.61 Å². The summed E-state index contributed by atoms with van der Waals surface area (Å²) in [4.78, 5) is 9.04. The van der Waals surface area contributed by atoms with Crippen LogP contribution in [0.15, 0.2) is 36.7 Å². The molecule has 32 heavy (non-hydrogen) atoms. The molecule has 1 atom stereocenters. The summed E-state index contributed by atoms with van der Waals surface area (Å²) >= 11 is 0. The summed E-state index contributed by atoms with van der Waals surface area (Å²) in [5, 5.41) is 0. The van der Waals surface area contributed by atoms with Gasteiger partial charge in [0.2, 0.25) is 0 Å². The van der Waals surface area contributed by atoms with Crippen LogP contribution in [-0.4, -0.2) is 36.5 Å². The summed E-state index contributed by atoms with van der Waals surface area (Å²) in [6, 6.07) is 7.59. The minimum atomic E-state index is -0.931. The standard InChI is InChI=1S/C27H41FN2O2/c1-3-4-5-6-7-10-13-23-20-29-27(30-21-23)24-15-17-26(18-16-24)32-22-25(28)14-11-8-9-12-19-31-2/h15-18,20-21,25H,3-14,19,22H2,1-2H3. The molecule has 0 aliphatic carbocycles. The van der Waals surface area contributed by atoms with Crippen LogP contribution in [0, 0.1) is 0 Å². The van der Waals surface area contributed by atoms with Gasteiger partial charge in [-0.05, 0) is 55.5 Å². The van der Waals surface area contributed by atoms with Gasteiger partial charge in [-0.2, -0.15) is 0 Å². The lowest BCUT2D eigenvalue weighted by Gasteiger charge is -2.11. The second kappa shape index (κ2) is 16.6. The van der Waals surface area contributed by atoms with Crippen molar-refractivity contribution in [3.63, 3.8) is 0 Å². The maximum atomic E-state index is 14.0. The second-order valence-electron chi connectivity index (χ2n) is 8.56. The van der Waals surface area contributed by atoms with Crippen LogP contribution < -0.4 is 4.74 Å². The zero-order valence-corrected chi connectivity index (χ0v) is 20.0. The molecule has 0 bridgehead atoms. The van der Waals surface area contributed by atoms with Gasteiger partial charge < -0.3 is 9.47 Å².